The predicted molar refractivity (Wildman–Crippen MR) is 84.1 cm³/mol. The van der Waals surface area contributed by atoms with E-state index in [0.717, 1.165) is 5.56 Å². The number of ether oxygens (including phenoxy) is 2. The van der Waals surface area contributed by atoms with E-state index in [4.69, 9.17) is 15.2 Å². The van der Waals surface area contributed by atoms with Gasteiger partial charge in [-0.1, -0.05) is 36.4 Å². The van der Waals surface area contributed by atoms with Crippen LogP contribution in [0.25, 0.3) is 0 Å². The van der Waals surface area contributed by atoms with Gasteiger partial charge in [-0.15, -0.1) is 0 Å². The van der Waals surface area contributed by atoms with E-state index in [9.17, 15) is 4.79 Å². The third-order valence-electron chi connectivity index (χ3n) is 2.83. The molecule has 0 aliphatic heterocycles. The van der Waals surface area contributed by atoms with Crippen molar-refractivity contribution in [2.45, 2.75) is 6.61 Å². The number of methoxy groups -OCH3 is 1. The van der Waals surface area contributed by atoms with Crippen LogP contribution in [0.3, 0.4) is 0 Å². The van der Waals surface area contributed by atoms with Crippen LogP contribution in [-0.4, -0.2) is 19.4 Å². The van der Waals surface area contributed by atoms with Crippen molar-refractivity contribution in [3.63, 3.8) is 0 Å². The number of nitrogens with zero attached hydrogens (tertiary/aromatic N) is 1. The molecule has 0 radical (unpaired) electrons. The van der Waals surface area contributed by atoms with E-state index < -0.39 is 6.03 Å². The van der Waals surface area contributed by atoms with Crippen LogP contribution in [-0.2, 0) is 6.61 Å². The molecule has 0 saturated carbocycles. The fourth-order valence-corrected chi connectivity index (χ4v) is 1.84. The zero-order valence-corrected chi connectivity index (χ0v) is 12.2. The van der Waals surface area contributed by atoms with Crippen molar-refractivity contribution in [1.29, 1.82) is 0 Å². The number of amides is 2. The number of nitrogens with two attached hydrogens (primary N) is 1. The molecule has 0 unspecified atom stereocenters. The molecule has 6 heteroatoms. The Labute approximate surface area is 128 Å². The standard InChI is InChI=1S/C16H17N3O3/c1-21-14-9-5-8-13(10-18-19-16(17)20)15(14)22-11-12-6-3-2-4-7-12/h2-10H,11H2,1H3,(H3,17,19,20). The van der Waals surface area contributed by atoms with Gasteiger partial charge in [0.05, 0.1) is 13.3 Å². The molecule has 0 fully saturated rings. The van der Waals surface area contributed by atoms with Crippen LogP contribution in [0.1, 0.15) is 11.1 Å². The number of para-hydroxylation sites is 1. The molecule has 2 rings (SSSR count). The molecule has 0 atom stereocenters. The summed E-state index contributed by atoms with van der Waals surface area (Å²) in [6, 6.07) is 14.4. The third kappa shape index (κ3) is 4.24. The summed E-state index contributed by atoms with van der Waals surface area (Å²) in [5.74, 6) is 1.13. The maximum atomic E-state index is 10.6. The highest BCUT2D eigenvalue weighted by Crippen LogP contribution is 2.30. The number of rotatable bonds is 6. The third-order valence-corrected chi connectivity index (χ3v) is 2.83. The van der Waals surface area contributed by atoms with Crippen LogP contribution in [0, 0.1) is 0 Å². The van der Waals surface area contributed by atoms with Gasteiger partial charge in [0.25, 0.3) is 0 Å². The summed E-state index contributed by atoms with van der Waals surface area (Å²) in [4.78, 5) is 10.6. The van der Waals surface area contributed by atoms with Gasteiger partial charge in [0, 0.05) is 5.56 Å². The molecule has 0 aliphatic carbocycles. The lowest BCUT2D eigenvalue weighted by Crippen LogP contribution is -2.24. The van der Waals surface area contributed by atoms with Gasteiger partial charge < -0.3 is 15.2 Å². The first-order valence-electron chi connectivity index (χ1n) is 6.63. The van der Waals surface area contributed by atoms with Gasteiger partial charge in [-0.25, -0.2) is 10.2 Å². The highest BCUT2D eigenvalue weighted by atomic mass is 16.5. The molecule has 114 valence electrons. The van der Waals surface area contributed by atoms with E-state index >= 15 is 0 Å². The second-order valence-electron chi connectivity index (χ2n) is 4.39. The number of hydrogen-bond donors (Lipinski definition) is 2. The first kappa shape index (κ1) is 15.4. The number of benzene rings is 2. The van der Waals surface area contributed by atoms with Crippen LogP contribution < -0.4 is 20.6 Å². The number of carbonyl (C=O) groups is 1. The minimum Gasteiger partial charge on any atom is -0.493 e. The summed E-state index contributed by atoms with van der Waals surface area (Å²) in [5, 5.41) is 3.75. The second kappa shape index (κ2) is 7.68. The molecular weight excluding hydrogens is 282 g/mol. The van der Waals surface area contributed by atoms with Crippen molar-refractivity contribution in [2.24, 2.45) is 10.8 Å². The Balaban J connectivity index is 2.19. The summed E-state index contributed by atoms with van der Waals surface area (Å²) >= 11 is 0. The number of nitrogens with one attached hydrogen (secondary N) is 1. The maximum Gasteiger partial charge on any atom is 0.332 e. The van der Waals surface area contributed by atoms with Gasteiger partial charge in [0.2, 0.25) is 0 Å². The smallest absolute Gasteiger partial charge is 0.332 e. The molecule has 2 aromatic carbocycles. The monoisotopic (exact) mass is 299 g/mol. The highest BCUT2D eigenvalue weighted by molar-refractivity contribution is 5.86. The van der Waals surface area contributed by atoms with Crippen molar-refractivity contribution in [3.8, 4) is 11.5 Å². The fourth-order valence-electron chi connectivity index (χ4n) is 1.84. The van der Waals surface area contributed by atoms with Gasteiger partial charge in [0.1, 0.15) is 6.61 Å². The molecule has 0 spiro atoms. The van der Waals surface area contributed by atoms with Crippen LogP contribution in [0.5, 0.6) is 11.5 Å². The average molecular weight is 299 g/mol. The maximum absolute atomic E-state index is 10.6. The molecule has 2 aromatic rings. The molecule has 3 N–H and O–H groups in total. The van der Waals surface area contributed by atoms with Crippen LogP contribution in [0.2, 0.25) is 0 Å². The largest absolute Gasteiger partial charge is 0.493 e. The Kier molecular flexibility index (Phi) is 5.37. The Morgan fingerprint density at radius 3 is 2.68 bits per heavy atom. The normalized spacial score (nSPS) is 10.4. The van der Waals surface area contributed by atoms with Gasteiger partial charge in [-0.05, 0) is 17.7 Å². The number of urea groups is 1. The molecule has 0 aromatic heterocycles. The SMILES string of the molecule is COc1cccc(C=NNC(N)=O)c1OCc1ccccc1. The number of carbonyl (C=O) groups excluding carboxylic acids is 1. The number of hydrogen-bond acceptors (Lipinski definition) is 4. The van der Waals surface area contributed by atoms with Crippen molar-refractivity contribution in [3.05, 3.63) is 59.7 Å². The zero-order chi connectivity index (χ0) is 15.8. The minimum atomic E-state index is -0.731. The summed E-state index contributed by atoms with van der Waals surface area (Å²) in [6.07, 6.45) is 1.45. The van der Waals surface area contributed by atoms with E-state index in [1.807, 2.05) is 30.3 Å². The van der Waals surface area contributed by atoms with Crippen LogP contribution in [0.15, 0.2) is 53.6 Å². The van der Waals surface area contributed by atoms with E-state index in [1.54, 1.807) is 25.3 Å². The average Bonchev–Trinajstić information content (AvgIpc) is 2.54. The van der Waals surface area contributed by atoms with E-state index in [0.29, 0.717) is 23.7 Å². The van der Waals surface area contributed by atoms with Gasteiger partial charge in [0.15, 0.2) is 11.5 Å². The minimum absolute atomic E-state index is 0.394. The van der Waals surface area contributed by atoms with Crippen molar-refractivity contribution < 1.29 is 14.3 Å². The van der Waals surface area contributed by atoms with Gasteiger partial charge in [-0.2, -0.15) is 5.10 Å². The summed E-state index contributed by atoms with van der Waals surface area (Å²) < 4.78 is 11.1. The molecular formula is C16H17N3O3. The number of hydrazone groups is 1. The molecule has 0 saturated heterocycles. The molecule has 22 heavy (non-hydrogen) atoms. The molecule has 2 amide bonds. The summed E-state index contributed by atoms with van der Waals surface area (Å²) in [7, 11) is 1.56. The predicted octanol–water partition coefficient (Wildman–Crippen LogP) is 2.28. The van der Waals surface area contributed by atoms with E-state index in [-0.39, 0.29) is 0 Å². The Morgan fingerprint density at radius 2 is 2.00 bits per heavy atom. The van der Waals surface area contributed by atoms with Gasteiger partial charge in [-0.3, -0.25) is 0 Å². The molecule has 0 bridgehead atoms. The van der Waals surface area contributed by atoms with Crippen molar-refractivity contribution in [2.75, 3.05) is 7.11 Å². The Morgan fingerprint density at radius 1 is 1.23 bits per heavy atom. The first-order valence-corrected chi connectivity index (χ1v) is 6.63. The van der Waals surface area contributed by atoms with E-state index in [1.165, 1.54) is 6.21 Å². The van der Waals surface area contributed by atoms with Gasteiger partial charge >= 0.3 is 6.03 Å². The van der Waals surface area contributed by atoms with Crippen LogP contribution in [0.4, 0.5) is 4.79 Å². The lowest BCUT2D eigenvalue weighted by molar-refractivity contribution is 0.249. The quantitative estimate of drug-likeness (QED) is 0.633. The first-order chi connectivity index (χ1) is 10.7. The second-order valence-corrected chi connectivity index (χ2v) is 4.39. The number of primary amides is 1. The fraction of sp³-hybridized carbons (Fsp3) is 0.125. The van der Waals surface area contributed by atoms with E-state index in [2.05, 4.69) is 10.5 Å². The molecule has 0 aliphatic rings. The van der Waals surface area contributed by atoms with Crippen LogP contribution >= 0.6 is 0 Å². The summed E-state index contributed by atoms with van der Waals surface area (Å²) in [5.41, 5.74) is 8.81. The lowest BCUT2D eigenvalue weighted by atomic mass is 10.2. The lowest BCUT2D eigenvalue weighted by Gasteiger charge is -2.13. The highest BCUT2D eigenvalue weighted by Gasteiger charge is 2.09. The van der Waals surface area contributed by atoms with Crippen molar-refractivity contribution >= 4 is 12.2 Å². The Bertz CT molecular complexity index is 657. The molecule has 0 heterocycles. The Hall–Kier alpha value is -3.02. The zero-order valence-electron chi connectivity index (χ0n) is 12.2. The van der Waals surface area contributed by atoms with Crippen molar-refractivity contribution in [1.82, 2.24) is 5.43 Å². The summed E-state index contributed by atoms with van der Waals surface area (Å²) in [6.45, 7) is 0.394. The topological polar surface area (TPSA) is 85.9 Å². The molecule has 6 nitrogen and oxygen atoms in total.